The number of hydrogen-bond donors (Lipinski definition) is 1. The van der Waals surface area contributed by atoms with Gasteiger partial charge in [0.2, 0.25) is 0 Å². The van der Waals surface area contributed by atoms with Crippen molar-refractivity contribution in [3.63, 3.8) is 0 Å². The predicted octanol–water partition coefficient (Wildman–Crippen LogP) is 5.49. The maximum Gasteiger partial charge on any atom is 0.120 e. The summed E-state index contributed by atoms with van der Waals surface area (Å²) >= 11 is 0. The van der Waals surface area contributed by atoms with Crippen LogP contribution in [0.4, 0.5) is 5.69 Å². The van der Waals surface area contributed by atoms with Crippen molar-refractivity contribution in [1.29, 1.82) is 0 Å². The van der Waals surface area contributed by atoms with E-state index in [1.165, 1.54) is 22.3 Å². The first-order valence-electron chi connectivity index (χ1n) is 8.27. The molecule has 0 heterocycles. The van der Waals surface area contributed by atoms with Gasteiger partial charge < -0.3 is 10.1 Å². The van der Waals surface area contributed by atoms with Crippen LogP contribution in [0.5, 0.6) is 5.75 Å². The number of benzene rings is 3. The third-order valence-corrected chi connectivity index (χ3v) is 3.94. The van der Waals surface area contributed by atoms with Crippen molar-refractivity contribution in [2.24, 2.45) is 0 Å². The molecule has 122 valence electrons. The standard InChI is InChI=1S/C22H23NO/c1-17-9-11-19(12-10-17)16-24-22-8-4-6-20(14-22)15-23-21-7-3-5-18(2)13-21/h3-14,23H,15-16H2,1-2H3. The topological polar surface area (TPSA) is 21.3 Å². The minimum absolute atomic E-state index is 0.592. The Hall–Kier alpha value is -2.74. The van der Waals surface area contributed by atoms with E-state index >= 15 is 0 Å². The van der Waals surface area contributed by atoms with Crippen LogP contribution in [0.25, 0.3) is 0 Å². The van der Waals surface area contributed by atoms with E-state index in [1.807, 2.05) is 12.1 Å². The molecule has 0 atom stereocenters. The minimum Gasteiger partial charge on any atom is -0.489 e. The van der Waals surface area contributed by atoms with E-state index in [-0.39, 0.29) is 0 Å². The fourth-order valence-corrected chi connectivity index (χ4v) is 2.56. The highest BCUT2D eigenvalue weighted by Crippen LogP contribution is 2.17. The number of aryl methyl sites for hydroxylation is 2. The van der Waals surface area contributed by atoms with Crippen LogP contribution < -0.4 is 10.1 Å². The van der Waals surface area contributed by atoms with E-state index in [1.54, 1.807) is 0 Å². The van der Waals surface area contributed by atoms with Crippen LogP contribution >= 0.6 is 0 Å². The van der Waals surface area contributed by atoms with Gasteiger partial charge in [-0.15, -0.1) is 0 Å². The van der Waals surface area contributed by atoms with Crippen LogP contribution in [-0.2, 0) is 13.2 Å². The third-order valence-electron chi connectivity index (χ3n) is 3.94. The Bertz CT molecular complexity index is 793. The third kappa shape index (κ3) is 4.63. The lowest BCUT2D eigenvalue weighted by atomic mass is 10.1. The first kappa shape index (κ1) is 16.1. The molecule has 2 heteroatoms. The molecule has 0 unspecified atom stereocenters. The Morgan fingerprint density at radius 2 is 1.54 bits per heavy atom. The lowest BCUT2D eigenvalue weighted by molar-refractivity contribution is 0.306. The first-order valence-corrected chi connectivity index (χ1v) is 8.27. The summed E-state index contributed by atoms with van der Waals surface area (Å²) < 4.78 is 5.92. The molecule has 0 aliphatic carbocycles. The fourth-order valence-electron chi connectivity index (χ4n) is 2.56. The highest BCUT2D eigenvalue weighted by Gasteiger charge is 1.99. The van der Waals surface area contributed by atoms with Crippen LogP contribution in [0, 0.1) is 13.8 Å². The van der Waals surface area contributed by atoms with Gasteiger partial charge in [-0.25, -0.2) is 0 Å². The second-order valence-corrected chi connectivity index (χ2v) is 6.14. The van der Waals surface area contributed by atoms with Gasteiger partial charge in [0.15, 0.2) is 0 Å². The second kappa shape index (κ2) is 7.69. The highest BCUT2D eigenvalue weighted by molar-refractivity contribution is 5.46. The number of ether oxygens (including phenoxy) is 1. The van der Waals surface area contributed by atoms with E-state index in [2.05, 4.69) is 79.8 Å². The summed E-state index contributed by atoms with van der Waals surface area (Å²) in [4.78, 5) is 0. The van der Waals surface area contributed by atoms with Crippen LogP contribution in [0.15, 0.2) is 72.8 Å². The molecule has 0 saturated heterocycles. The highest BCUT2D eigenvalue weighted by atomic mass is 16.5. The van der Waals surface area contributed by atoms with Gasteiger partial charge in [-0.1, -0.05) is 54.1 Å². The smallest absolute Gasteiger partial charge is 0.120 e. The monoisotopic (exact) mass is 317 g/mol. The summed E-state index contributed by atoms with van der Waals surface area (Å²) in [7, 11) is 0. The summed E-state index contributed by atoms with van der Waals surface area (Å²) in [6, 6.07) is 25.1. The largest absolute Gasteiger partial charge is 0.489 e. The van der Waals surface area contributed by atoms with Crippen LogP contribution in [0.3, 0.4) is 0 Å². The van der Waals surface area contributed by atoms with Gasteiger partial charge in [0, 0.05) is 12.2 Å². The first-order chi connectivity index (χ1) is 11.7. The molecule has 0 radical (unpaired) electrons. The molecule has 1 N–H and O–H groups in total. The molecule has 0 aliphatic heterocycles. The van der Waals surface area contributed by atoms with Gasteiger partial charge in [0.25, 0.3) is 0 Å². The van der Waals surface area contributed by atoms with Crippen molar-refractivity contribution in [1.82, 2.24) is 0 Å². The molecule has 3 aromatic carbocycles. The molecule has 0 spiro atoms. The lowest BCUT2D eigenvalue weighted by Gasteiger charge is -2.10. The Kier molecular flexibility index (Phi) is 5.17. The molecule has 3 rings (SSSR count). The van der Waals surface area contributed by atoms with E-state index in [4.69, 9.17) is 4.74 Å². The Morgan fingerprint density at radius 1 is 0.750 bits per heavy atom. The van der Waals surface area contributed by atoms with E-state index in [0.717, 1.165) is 18.0 Å². The van der Waals surface area contributed by atoms with Crippen molar-refractivity contribution in [3.05, 3.63) is 95.1 Å². The maximum atomic E-state index is 5.92. The molecule has 0 saturated carbocycles. The number of nitrogens with one attached hydrogen (secondary N) is 1. The van der Waals surface area contributed by atoms with Gasteiger partial charge in [-0.2, -0.15) is 0 Å². The molecule has 0 amide bonds. The number of hydrogen-bond acceptors (Lipinski definition) is 2. The van der Waals surface area contributed by atoms with Crippen LogP contribution in [0.2, 0.25) is 0 Å². The normalized spacial score (nSPS) is 10.4. The van der Waals surface area contributed by atoms with Gasteiger partial charge >= 0.3 is 0 Å². The van der Waals surface area contributed by atoms with Crippen molar-refractivity contribution in [3.8, 4) is 5.75 Å². The van der Waals surface area contributed by atoms with Crippen molar-refractivity contribution in [2.45, 2.75) is 27.0 Å². The number of anilines is 1. The van der Waals surface area contributed by atoms with Gasteiger partial charge in [-0.05, 0) is 54.8 Å². The summed E-state index contributed by atoms with van der Waals surface area (Å²) in [6.07, 6.45) is 0. The van der Waals surface area contributed by atoms with Gasteiger partial charge in [-0.3, -0.25) is 0 Å². The van der Waals surface area contributed by atoms with Crippen molar-refractivity contribution in [2.75, 3.05) is 5.32 Å². The number of rotatable bonds is 6. The molecule has 3 aromatic rings. The SMILES string of the molecule is Cc1ccc(COc2cccc(CNc3cccc(C)c3)c2)cc1. The fraction of sp³-hybridized carbons (Fsp3) is 0.182. The summed E-state index contributed by atoms with van der Waals surface area (Å²) in [6.45, 7) is 5.57. The van der Waals surface area contributed by atoms with Crippen molar-refractivity contribution < 1.29 is 4.74 Å². The zero-order valence-corrected chi connectivity index (χ0v) is 14.3. The van der Waals surface area contributed by atoms with Crippen molar-refractivity contribution >= 4 is 5.69 Å². The Labute approximate surface area is 144 Å². The van der Waals surface area contributed by atoms with Crippen LogP contribution in [-0.4, -0.2) is 0 Å². The maximum absolute atomic E-state index is 5.92. The summed E-state index contributed by atoms with van der Waals surface area (Å²) in [5, 5.41) is 3.45. The average molecular weight is 317 g/mol. The zero-order chi connectivity index (χ0) is 16.8. The van der Waals surface area contributed by atoms with Crippen LogP contribution in [0.1, 0.15) is 22.3 Å². The molecule has 0 aromatic heterocycles. The van der Waals surface area contributed by atoms with E-state index in [9.17, 15) is 0 Å². The Morgan fingerprint density at radius 3 is 2.33 bits per heavy atom. The lowest BCUT2D eigenvalue weighted by Crippen LogP contribution is -2.00. The summed E-state index contributed by atoms with van der Waals surface area (Å²) in [5.74, 6) is 0.902. The quantitative estimate of drug-likeness (QED) is 0.648. The van der Waals surface area contributed by atoms with Gasteiger partial charge in [0.05, 0.1) is 0 Å². The molecule has 0 fully saturated rings. The molecular formula is C22H23NO. The molecule has 2 nitrogen and oxygen atoms in total. The summed E-state index contributed by atoms with van der Waals surface area (Å²) in [5.41, 5.74) is 6.06. The molecule has 0 bridgehead atoms. The molecule has 24 heavy (non-hydrogen) atoms. The molecule has 0 aliphatic rings. The average Bonchev–Trinajstić information content (AvgIpc) is 2.60. The predicted molar refractivity (Wildman–Crippen MR) is 100 cm³/mol. The second-order valence-electron chi connectivity index (χ2n) is 6.14. The minimum atomic E-state index is 0.592. The zero-order valence-electron chi connectivity index (χ0n) is 14.3. The van der Waals surface area contributed by atoms with E-state index < -0.39 is 0 Å². The Balaban J connectivity index is 1.58. The molecular weight excluding hydrogens is 294 g/mol. The van der Waals surface area contributed by atoms with Gasteiger partial charge in [0.1, 0.15) is 12.4 Å². The van der Waals surface area contributed by atoms with E-state index in [0.29, 0.717) is 6.61 Å².